The van der Waals surface area contributed by atoms with Crippen molar-refractivity contribution in [3.05, 3.63) is 65.7 Å². The van der Waals surface area contributed by atoms with Crippen LogP contribution in [0.4, 0.5) is 0 Å². The van der Waals surface area contributed by atoms with Gasteiger partial charge < -0.3 is 0 Å². The molecule has 0 amide bonds. The highest BCUT2D eigenvalue weighted by molar-refractivity contribution is 7.91. The summed E-state index contributed by atoms with van der Waals surface area (Å²) in [6.07, 6.45) is 3.75. The van der Waals surface area contributed by atoms with E-state index in [2.05, 4.69) is 31.3 Å². The Hall–Kier alpha value is -1.65. The molecule has 1 heterocycles. The zero-order valence-electron chi connectivity index (χ0n) is 15.0. The van der Waals surface area contributed by atoms with Gasteiger partial charge in [0.2, 0.25) is 0 Å². The number of benzene rings is 2. The lowest BCUT2D eigenvalue weighted by atomic mass is 9.88. The standard InChI is InChI=1S/C21H27NO2S/c1-3-5-15-21(4-2)16-25(23,24)19-14-10-9-13-18(19)20(22-21)17-11-7-6-8-12-17/h6-14,20,22H,3-5,15-16H2,1-2H3/t20?,21-/m1/s1. The maximum atomic E-state index is 13.2. The molecular formula is C21H27NO2S. The van der Waals surface area contributed by atoms with E-state index in [0.717, 1.165) is 36.8 Å². The van der Waals surface area contributed by atoms with E-state index in [1.54, 1.807) is 6.07 Å². The van der Waals surface area contributed by atoms with E-state index < -0.39 is 15.4 Å². The molecule has 2 aromatic carbocycles. The number of fused-ring (bicyclic) bond motifs is 1. The van der Waals surface area contributed by atoms with Crippen LogP contribution in [-0.2, 0) is 9.84 Å². The summed E-state index contributed by atoms with van der Waals surface area (Å²) in [6.45, 7) is 4.24. The molecule has 1 unspecified atom stereocenters. The van der Waals surface area contributed by atoms with E-state index in [1.807, 2.05) is 36.4 Å². The molecule has 0 aromatic heterocycles. The average molecular weight is 358 g/mol. The smallest absolute Gasteiger partial charge is 0.180 e. The number of sulfone groups is 1. The first-order valence-electron chi connectivity index (χ1n) is 9.16. The van der Waals surface area contributed by atoms with Crippen LogP contribution in [0.3, 0.4) is 0 Å². The summed E-state index contributed by atoms with van der Waals surface area (Å²) < 4.78 is 26.3. The van der Waals surface area contributed by atoms with Gasteiger partial charge in [-0.1, -0.05) is 75.2 Å². The van der Waals surface area contributed by atoms with Crippen LogP contribution in [0.1, 0.15) is 56.7 Å². The Morgan fingerprint density at radius 2 is 1.72 bits per heavy atom. The van der Waals surface area contributed by atoms with E-state index in [4.69, 9.17) is 0 Å². The molecule has 2 aromatic rings. The summed E-state index contributed by atoms with van der Waals surface area (Å²) in [4.78, 5) is 0.475. The zero-order valence-corrected chi connectivity index (χ0v) is 15.9. The summed E-state index contributed by atoms with van der Waals surface area (Å²) in [7, 11) is -3.33. The van der Waals surface area contributed by atoms with Gasteiger partial charge in [-0.15, -0.1) is 0 Å². The summed E-state index contributed by atoms with van der Waals surface area (Å²) in [5, 5.41) is 3.76. The minimum absolute atomic E-state index is 0.105. The van der Waals surface area contributed by atoms with Gasteiger partial charge in [0.25, 0.3) is 0 Å². The maximum Gasteiger partial charge on any atom is 0.180 e. The van der Waals surface area contributed by atoms with Crippen LogP contribution in [0.2, 0.25) is 0 Å². The third kappa shape index (κ3) is 3.65. The summed E-state index contributed by atoms with van der Waals surface area (Å²) in [6, 6.07) is 17.5. The monoisotopic (exact) mass is 357 g/mol. The van der Waals surface area contributed by atoms with Crippen LogP contribution >= 0.6 is 0 Å². The van der Waals surface area contributed by atoms with Crippen molar-refractivity contribution < 1.29 is 8.42 Å². The number of rotatable bonds is 5. The molecule has 0 radical (unpaired) electrons. The fourth-order valence-electron chi connectivity index (χ4n) is 3.82. The lowest BCUT2D eigenvalue weighted by molar-refractivity contribution is 0.295. The molecule has 0 saturated carbocycles. The number of unbranched alkanes of at least 4 members (excludes halogenated alkanes) is 1. The molecule has 0 aliphatic carbocycles. The second-order valence-corrected chi connectivity index (χ2v) is 8.98. The molecule has 1 N–H and O–H groups in total. The van der Waals surface area contributed by atoms with Crippen LogP contribution in [0.25, 0.3) is 0 Å². The molecule has 2 atom stereocenters. The molecule has 1 aliphatic rings. The van der Waals surface area contributed by atoms with Crippen molar-refractivity contribution in [2.24, 2.45) is 0 Å². The van der Waals surface area contributed by atoms with Gasteiger partial charge in [0.1, 0.15) is 0 Å². The molecule has 0 bridgehead atoms. The molecule has 0 fully saturated rings. The van der Waals surface area contributed by atoms with Crippen molar-refractivity contribution in [3.8, 4) is 0 Å². The Kier molecular flexibility index (Phi) is 5.30. The Bertz CT molecular complexity index is 817. The first-order chi connectivity index (χ1) is 12.0. The molecule has 1 aliphatic heterocycles. The van der Waals surface area contributed by atoms with Crippen LogP contribution in [0.5, 0.6) is 0 Å². The van der Waals surface area contributed by atoms with Crippen molar-refractivity contribution >= 4 is 9.84 Å². The normalized spacial score (nSPS) is 25.1. The van der Waals surface area contributed by atoms with Crippen molar-refractivity contribution in [3.63, 3.8) is 0 Å². The maximum absolute atomic E-state index is 13.2. The quantitative estimate of drug-likeness (QED) is 0.857. The second kappa shape index (κ2) is 7.30. The molecule has 4 heteroatoms. The van der Waals surface area contributed by atoms with Crippen molar-refractivity contribution in [1.29, 1.82) is 0 Å². The Morgan fingerprint density at radius 1 is 1.04 bits per heavy atom. The van der Waals surface area contributed by atoms with Gasteiger partial charge in [0.15, 0.2) is 9.84 Å². The van der Waals surface area contributed by atoms with Crippen LogP contribution in [0.15, 0.2) is 59.5 Å². The lowest BCUT2D eigenvalue weighted by Gasteiger charge is -2.35. The molecule has 3 nitrogen and oxygen atoms in total. The fraction of sp³-hybridized carbons (Fsp3) is 0.429. The van der Waals surface area contributed by atoms with Crippen LogP contribution in [-0.4, -0.2) is 19.7 Å². The Morgan fingerprint density at radius 3 is 2.40 bits per heavy atom. The van der Waals surface area contributed by atoms with Gasteiger partial charge in [0, 0.05) is 5.54 Å². The van der Waals surface area contributed by atoms with E-state index in [1.165, 1.54) is 0 Å². The Balaban J connectivity index is 2.17. The SMILES string of the molecule is CCCC[C@]1(CC)CS(=O)(=O)c2ccccc2C(c2ccccc2)N1. The van der Waals surface area contributed by atoms with Crippen molar-refractivity contribution in [2.75, 3.05) is 5.75 Å². The second-order valence-electron chi connectivity index (χ2n) is 7.02. The lowest BCUT2D eigenvalue weighted by Crippen LogP contribution is -2.50. The molecule has 134 valence electrons. The van der Waals surface area contributed by atoms with Crippen LogP contribution in [0, 0.1) is 0 Å². The molecule has 0 saturated heterocycles. The van der Waals surface area contributed by atoms with Crippen molar-refractivity contribution in [1.82, 2.24) is 5.32 Å². The van der Waals surface area contributed by atoms with Gasteiger partial charge in [-0.05, 0) is 30.0 Å². The predicted octanol–water partition coefficient (Wildman–Crippen LogP) is 4.49. The highest BCUT2D eigenvalue weighted by atomic mass is 32.2. The van der Waals surface area contributed by atoms with Gasteiger partial charge in [-0.25, -0.2) is 8.42 Å². The topological polar surface area (TPSA) is 46.2 Å². The highest BCUT2D eigenvalue weighted by Gasteiger charge is 2.41. The van der Waals surface area contributed by atoms with E-state index in [9.17, 15) is 8.42 Å². The molecule has 3 rings (SSSR count). The minimum Gasteiger partial charge on any atom is -0.300 e. The minimum atomic E-state index is -3.33. The number of hydrogen-bond acceptors (Lipinski definition) is 3. The largest absolute Gasteiger partial charge is 0.300 e. The summed E-state index contributed by atoms with van der Waals surface area (Å²) in [5.41, 5.74) is 1.58. The fourth-order valence-corrected chi connectivity index (χ4v) is 5.96. The first-order valence-corrected chi connectivity index (χ1v) is 10.8. The first kappa shape index (κ1) is 18.2. The van der Waals surface area contributed by atoms with Gasteiger partial charge in [-0.2, -0.15) is 0 Å². The van der Waals surface area contributed by atoms with Gasteiger partial charge >= 0.3 is 0 Å². The Labute approximate surface area is 151 Å². The van der Waals surface area contributed by atoms with E-state index >= 15 is 0 Å². The highest BCUT2D eigenvalue weighted by Crippen LogP contribution is 2.37. The van der Waals surface area contributed by atoms with E-state index in [-0.39, 0.29) is 11.8 Å². The predicted molar refractivity (Wildman–Crippen MR) is 102 cm³/mol. The average Bonchev–Trinajstić information content (AvgIpc) is 2.74. The van der Waals surface area contributed by atoms with Gasteiger partial charge in [-0.3, -0.25) is 5.32 Å². The third-order valence-electron chi connectivity index (χ3n) is 5.30. The summed E-state index contributed by atoms with van der Waals surface area (Å²) in [5.74, 6) is 0.164. The summed E-state index contributed by atoms with van der Waals surface area (Å²) >= 11 is 0. The number of hydrogen-bond donors (Lipinski definition) is 1. The van der Waals surface area contributed by atoms with Crippen LogP contribution < -0.4 is 5.32 Å². The molecular weight excluding hydrogens is 330 g/mol. The molecule has 0 spiro atoms. The zero-order chi connectivity index (χ0) is 17.9. The van der Waals surface area contributed by atoms with E-state index in [0.29, 0.717) is 4.90 Å². The van der Waals surface area contributed by atoms with Gasteiger partial charge in [0.05, 0.1) is 16.7 Å². The van der Waals surface area contributed by atoms with Crippen molar-refractivity contribution in [2.45, 2.75) is 56.0 Å². The third-order valence-corrected chi connectivity index (χ3v) is 7.28. The molecule has 25 heavy (non-hydrogen) atoms. The number of nitrogens with one attached hydrogen (secondary N) is 1.